The van der Waals surface area contributed by atoms with Crippen LogP contribution in [0.4, 0.5) is 13.2 Å². The number of hydrogen-bond donors (Lipinski definition) is 1. The highest BCUT2D eigenvalue weighted by atomic mass is 19.4. The zero-order chi connectivity index (χ0) is 18.3. The normalized spacial score (nSPS) is 17.2. The Kier molecular flexibility index (Phi) is 4.65. The number of piperidine rings is 1. The minimum atomic E-state index is -4.71. The minimum Gasteiger partial charge on any atom is -0.481 e. The predicted octanol–water partition coefficient (Wildman–Crippen LogP) is 2.59. The summed E-state index contributed by atoms with van der Waals surface area (Å²) in [5.74, 6) is -2.27. The van der Waals surface area contributed by atoms with E-state index >= 15 is 0 Å². The first-order chi connectivity index (χ1) is 10.9. The molecular weight excluding hydrogens is 327 g/mol. The molecule has 0 aliphatic carbocycles. The summed E-state index contributed by atoms with van der Waals surface area (Å²) < 4.78 is 41.2. The van der Waals surface area contributed by atoms with Crippen molar-refractivity contribution < 1.29 is 27.9 Å². The van der Waals surface area contributed by atoms with E-state index < -0.39 is 40.8 Å². The van der Waals surface area contributed by atoms with Crippen molar-refractivity contribution in [1.29, 1.82) is 0 Å². The largest absolute Gasteiger partial charge is 0.481 e. The molecule has 0 spiro atoms. The van der Waals surface area contributed by atoms with Crippen molar-refractivity contribution in [2.24, 2.45) is 5.92 Å². The lowest BCUT2D eigenvalue weighted by Gasteiger charge is -2.30. The summed E-state index contributed by atoms with van der Waals surface area (Å²) in [6, 6.07) is 0. The maximum absolute atomic E-state index is 13.5. The Labute approximate surface area is 137 Å². The van der Waals surface area contributed by atoms with E-state index in [9.17, 15) is 22.8 Å². The number of likely N-dealkylation sites (tertiary alicyclic amines) is 1. The van der Waals surface area contributed by atoms with Gasteiger partial charge in [0.2, 0.25) is 0 Å². The van der Waals surface area contributed by atoms with Crippen LogP contribution in [0.3, 0.4) is 0 Å². The van der Waals surface area contributed by atoms with E-state index in [1.165, 1.54) is 4.90 Å². The van der Waals surface area contributed by atoms with Crippen molar-refractivity contribution in [3.63, 3.8) is 0 Å². The quantitative estimate of drug-likeness (QED) is 0.892. The lowest BCUT2D eigenvalue weighted by molar-refractivity contribution is -0.146. The number of carboxylic acid groups (broad SMARTS) is 1. The molecule has 134 valence electrons. The third-order valence-corrected chi connectivity index (χ3v) is 4.03. The highest BCUT2D eigenvalue weighted by molar-refractivity contribution is 5.95. The molecule has 2 heterocycles. The predicted molar refractivity (Wildman–Crippen MR) is 78.5 cm³/mol. The zero-order valence-corrected chi connectivity index (χ0v) is 13.7. The molecule has 9 heteroatoms. The van der Waals surface area contributed by atoms with Crippen LogP contribution in [0.15, 0.2) is 6.20 Å². The molecule has 2 rings (SSSR count). The Hall–Kier alpha value is -2.06. The number of alkyl halides is 3. The maximum Gasteiger partial charge on any atom is 0.433 e. The molecule has 1 saturated heterocycles. The first kappa shape index (κ1) is 18.3. The molecular formula is C15H20F3N3O3. The molecule has 0 radical (unpaired) electrons. The average molecular weight is 347 g/mol. The highest BCUT2D eigenvalue weighted by Gasteiger charge is 2.43. The Morgan fingerprint density at radius 1 is 1.21 bits per heavy atom. The van der Waals surface area contributed by atoms with Gasteiger partial charge >= 0.3 is 12.1 Å². The minimum absolute atomic E-state index is 0.119. The average Bonchev–Trinajstić information content (AvgIpc) is 2.91. The van der Waals surface area contributed by atoms with Crippen LogP contribution < -0.4 is 0 Å². The SMILES string of the molecule is CC(C)(C)n1ncc(C(=O)N2CCC(C(=O)O)CC2)c1C(F)(F)F. The molecule has 1 aliphatic rings. The van der Waals surface area contributed by atoms with Crippen LogP contribution in [-0.4, -0.2) is 44.8 Å². The molecule has 24 heavy (non-hydrogen) atoms. The highest BCUT2D eigenvalue weighted by Crippen LogP contribution is 2.35. The van der Waals surface area contributed by atoms with Crippen LogP contribution >= 0.6 is 0 Å². The molecule has 1 aliphatic heterocycles. The number of hydrogen-bond acceptors (Lipinski definition) is 3. The topological polar surface area (TPSA) is 75.4 Å². The molecule has 0 aromatic carbocycles. The van der Waals surface area contributed by atoms with Gasteiger partial charge in [0.15, 0.2) is 5.69 Å². The summed E-state index contributed by atoms with van der Waals surface area (Å²) in [7, 11) is 0. The maximum atomic E-state index is 13.5. The van der Waals surface area contributed by atoms with Gasteiger partial charge in [-0.25, -0.2) is 0 Å². The van der Waals surface area contributed by atoms with Crippen molar-refractivity contribution in [3.8, 4) is 0 Å². The van der Waals surface area contributed by atoms with Crippen LogP contribution in [0, 0.1) is 5.92 Å². The molecule has 0 bridgehead atoms. The number of amides is 1. The fourth-order valence-electron chi connectivity index (χ4n) is 2.79. The van der Waals surface area contributed by atoms with Gasteiger partial charge in [0.1, 0.15) is 0 Å². The molecule has 1 aromatic heterocycles. The molecule has 6 nitrogen and oxygen atoms in total. The van der Waals surface area contributed by atoms with Gasteiger partial charge in [-0.15, -0.1) is 0 Å². The van der Waals surface area contributed by atoms with Crippen molar-refractivity contribution in [1.82, 2.24) is 14.7 Å². The van der Waals surface area contributed by atoms with E-state index in [1.54, 1.807) is 20.8 Å². The lowest BCUT2D eigenvalue weighted by Crippen LogP contribution is -2.41. The van der Waals surface area contributed by atoms with E-state index in [0.29, 0.717) is 0 Å². The Morgan fingerprint density at radius 2 is 1.75 bits per heavy atom. The van der Waals surface area contributed by atoms with Crippen LogP contribution in [0.2, 0.25) is 0 Å². The Bertz CT molecular complexity index is 639. The van der Waals surface area contributed by atoms with Crippen molar-refractivity contribution in [3.05, 3.63) is 17.5 Å². The Morgan fingerprint density at radius 3 is 2.17 bits per heavy atom. The third kappa shape index (κ3) is 3.54. The Balaban J connectivity index is 2.31. The number of carbonyl (C=O) groups is 2. The van der Waals surface area contributed by atoms with Gasteiger partial charge < -0.3 is 10.0 Å². The zero-order valence-electron chi connectivity index (χ0n) is 13.7. The van der Waals surface area contributed by atoms with Crippen LogP contribution in [0.1, 0.15) is 49.7 Å². The van der Waals surface area contributed by atoms with Gasteiger partial charge in [0, 0.05) is 13.1 Å². The lowest BCUT2D eigenvalue weighted by atomic mass is 9.96. The van der Waals surface area contributed by atoms with Crippen molar-refractivity contribution in [2.45, 2.75) is 45.3 Å². The van der Waals surface area contributed by atoms with Gasteiger partial charge in [0.25, 0.3) is 5.91 Å². The summed E-state index contributed by atoms with van der Waals surface area (Å²) in [6.07, 6.45) is -3.31. The first-order valence-corrected chi connectivity index (χ1v) is 7.60. The summed E-state index contributed by atoms with van der Waals surface area (Å²) in [5.41, 5.74) is -2.49. The summed E-state index contributed by atoms with van der Waals surface area (Å²) in [5, 5.41) is 12.7. The van der Waals surface area contributed by atoms with Gasteiger partial charge in [-0.3, -0.25) is 14.3 Å². The molecule has 1 amide bonds. The van der Waals surface area contributed by atoms with Crippen molar-refractivity contribution in [2.75, 3.05) is 13.1 Å². The second-order valence-electron chi connectivity index (χ2n) is 6.89. The molecule has 1 fully saturated rings. The summed E-state index contributed by atoms with van der Waals surface area (Å²) >= 11 is 0. The van der Waals surface area contributed by atoms with Crippen LogP contribution in [-0.2, 0) is 16.5 Å². The van der Waals surface area contributed by atoms with E-state index in [4.69, 9.17) is 5.11 Å². The number of nitrogens with zero attached hydrogens (tertiary/aromatic N) is 3. The van der Waals surface area contributed by atoms with Gasteiger partial charge in [-0.2, -0.15) is 18.3 Å². The monoisotopic (exact) mass is 347 g/mol. The van der Waals surface area contributed by atoms with E-state index in [2.05, 4.69) is 5.10 Å². The molecule has 0 unspecified atom stereocenters. The van der Waals surface area contributed by atoms with Crippen molar-refractivity contribution >= 4 is 11.9 Å². The molecule has 0 atom stereocenters. The number of aromatic nitrogens is 2. The number of carboxylic acids is 1. The molecule has 0 saturated carbocycles. The smallest absolute Gasteiger partial charge is 0.433 e. The number of halogens is 3. The van der Waals surface area contributed by atoms with Gasteiger partial charge in [-0.1, -0.05) is 0 Å². The van der Waals surface area contributed by atoms with Gasteiger partial charge in [0.05, 0.1) is 23.2 Å². The third-order valence-electron chi connectivity index (χ3n) is 4.03. The number of carbonyl (C=O) groups excluding carboxylic acids is 1. The van der Waals surface area contributed by atoms with Gasteiger partial charge in [-0.05, 0) is 33.6 Å². The van der Waals surface area contributed by atoms with Crippen LogP contribution in [0.5, 0.6) is 0 Å². The second-order valence-corrected chi connectivity index (χ2v) is 6.89. The van der Waals surface area contributed by atoms with Crippen LogP contribution in [0.25, 0.3) is 0 Å². The first-order valence-electron chi connectivity index (χ1n) is 7.60. The number of aliphatic carboxylic acids is 1. The fourth-order valence-corrected chi connectivity index (χ4v) is 2.79. The van der Waals surface area contributed by atoms with E-state index in [-0.39, 0.29) is 25.9 Å². The fraction of sp³-hybridized carbons (Fsp3) is 0.667. The van der Waals surface area contributed by atoms with E-state index in [1.807, 2.05) is 0 Å². The molecule has 1 aromatic rings. The summed E-state index contributed by atoms with van der Waals surface area (Å²) in [6.45, 7) is 4.95. The standard InChI is InChI=1S/C15H20F3N3O3/c1-14(2,3)21-11(15(16,17)18)10(8-19-21)12(22)20-6-4-9(5-7-20)13(23)24/h8-9H,4-7H2,1-3H3,(H,23,24). The second kappa shape index (κ2) is 6.10. The van der Waals surface area contributed by atoms with E-state index in [0.717, 1.165) is 10.9 Å². The summed E-state index contributed by atoms with van der Waals surface area (Å²) in [4.78, 5) is 24.7. The molecule has 1 N–H and O–H groups in total. The number of rotatable bonds is 2.